The molecule has 1 spiro atoms. The standard InChI is InChI=1S/C37H54O8.C3H8.C2H6/c1-9-22(3)32-25(6)16-17-36(45-32)20-29-19-28(44-36)15-14-24(5)31(41-10-2)23(4)12-11-13-27-21-42-34-33(40-8)26(7)18-30(35(38)43-29)37(27,34)39;1-3-2;1-2/h11-14,16-18,22-23,25,28-34,39H,9-10,15,19-21H2,1-8H3;3H2,1-2H3;1-2H3/b12-11+,24-14+,27-13+;;/t22?,23-,25-,28+,29-,30-,31-,32+,33?,34+,36+,37+;;/m0../s1. The largest absolute Gasteiger partial charge is 0.462 e. The number of fused-ring (bicyclic) bond motifs is 2. The van der Waals surface area contributed by atoms with Gasteiger partial charge in [0.1, 0.15) is 29.8 Å². The molecule has 4 aliphatic heterocycles. The molecule has 8 heteroatoms. The Labute approximate surface area is 303 Å². The molecule has 0 amide bonds. The average Bonchev–Trinajstić information content (AvgIpc) is 3.43. The Hall–Kier alpha value is -2.07. The molecular formula is C42H68O8. The number of methoxy groups -OCH3 is 1. The maximum Gasteiger partial charge on any atom is 0.316 e. The summed E-state index contributed by atoms with van der Waals surface area (Å²) in [5.41, 5.74) is 0.966. The molecule has 12 atom stereocenters. The molecule has 8 nitrogen and oxygen atoms in total. The highest BCUT2D eigenvalue weighted by atomic mass is 16.7. The highest BCUT2D eigenvalue weighted by Gasteiger charge is 2.60. The summed E-state index contributed by atoms with van der Waals surface area (Å²) < 4.78 is 38.1. The molecule has 2 unspecified atom stereocenters. The topological polar surface area (TPSA) is 92.7 Å². The van der Waals surface area contributed by atoms with Gasteiger partial charge in [-0.05, 0) is 55.9 Å². The van der Waals surface area contributed by atoms with Crippen LogP contribution < -0.4 is 0 Å². The molecule has 0 saturated carbocycles. The van der Waals surface area contributed by atoms with Crippen LogP contribution in [0.1, 0.15) is 108 Å². The smallest absolute Gasteiger partial charge is 0.316 e. The first-order valence-electron chi connectivity index (χ1n) is 19.3. The van der Waals surface area contributed by atoms with Crippen molar-refractivity contribution >= 4 is 5.97 Å². The van der Waals surface area contributed by atoms with Gasteiger partial charge in [0.2, 0.25) is 0 Å². The second-order valence-electron chi connectivity index (χ2n) is 14.5. The summed E-state index contributed by atoms with van der Waals surface area (Å²) >= 11 is 0. The predicted molar refractivity (Wildman–Crippen MR) is 200 cm³/mol. The van der Waals surface area contributed by atoms with E-state index in [-0.39, 0.29) is 36.8 Å². The van der Waals surface area contributed by atoms with E-state index in [2.05, 4.69) is 66.7 Å². The fourth-order valence-corrected chi connectivity index (χ4v) is 7.90. The zero-order valence-electron chi connectivity index (χ0n) is 33.1. The number of carbonyl (C=O) groups is 1. The average molecular weight is 701 g/mol. The second-order valence-corrected chi connectivity index (χ2v) is 14.5. The molecule has 284 valence electrons. The fraction of sp³-hybridized carbons (Fsp3) is 0.738. The number of hydrogen-bond acceptors (Lipinski definition) is 8. The molecule has 50 heavy (non-hydrogen) atoms. The normalized spacial score (nSPS) is 41.7. The highest BCUT2D eigenvalue weighted by Crippen LogP contribution is 2.47. The van der Waals surface area contributed by atoms with E-state index in [0.29, 0.717) is 37.4 Å². The Morgan fingerprint density at radius 2 is 1.70 bits per heavy atom. The van der Waals surface area contributed by atoms with Gasteiger partial charge in [-0.1, -0.05) is 105 Å². The fourth-order valence-electron chi connectivity index (χ4n) is 7.90. The Kier molecular flexibility index (Phi) is 16.2. The monoisotopic (exact) mass is 700 g/mol. The van der Waals surface area contributed by atoms with Gasteiger partial charge >= 0.3 is 5.97 Å². The third-order valence-electron chi connectivity index (χ3n) is 10.6. The highest BCUT2D eigenvalue weighted by molar-refractivity contribution is 5.78. The Morgan fingerprint density at radius 1 is 1.00 bits per heavy atom. The third-order valence-corrected chi connectivity index (χ3v) is 10.6. The van der Waals surface area contributed by atoms with Gasteiger partial charge in [-0.15, -0.1) is 0 Å². The molecule has 0 aromatic carbocycles. The second kappa shape index (κ2) is 19.1. The molecule has 0 aromatic rings. The van der Waals surface area contributed by atoms with Crippen LogP contribution in [-0.2, 0) is 33.2 Å². The zero-order valence-corrected chi connectivity index (χ0v) is 33.1. The van der Waals surface area contributed by atoms with Crippen LogP contribution in [0.25, 0.3) is 0 Å². The van der Waals surface area contributed by atoms with E-state index in [9.17, 15) is 9.90 Å². The van der Waals surface area contributed by atoms with Crippen LogP contribution in [0.2, 0.25) is 0 Å². The van der Waals surface area contributed by atoms with Crippen LogP contribution in [0.15, 0.2) is 59.3 Å². The van der Waals surface area contributed by atoms with E-state index in [0.717, 1.165) is 17.6 Å². The van der Waals surface area contributed by atoms with Crippen molar-refractivity contribution in [2.45, 2.75) is 156 Å². The lowest BCUT2D eigenvalue weighted by atomic mass is 9.70. The summed E-state index contributed by atoms with van der Waals surface area (Å²) in [5, 5.41) is 12.4. The first-order chi connectivity index (χ1) is 23.9. The number of esters is 1. The molecule has 5 rings (SSSR count). The maximum absolute atomic E-state index is 14.2. The van der Waals surface area contributed by atoms with Crippen molar-refractivity contribution in [3.8, 4) is 0 Å². The first-order valence-corrected chi connectivity index (χ1v) is 19.3. The molecule has 2 fully saturated rings. The molecule has 1 N–H and O–H groups in total. The minimum atomic E-state index is -1.61. The molecule has 4 heterocycles. The summed E-state index contributed by atoms with van der Waals surface area (Å²) in [4.78, 5) is 14.2. The summed E-state index contributed by atoms with van der Waals surface area (Å²) in [6.07, 6.45) is 15.8. The molecule has 1 aliphatic carbocycles. The van der Waals surface area contributed by atoms with Gasteiger partial charge in [0, 0.05) is 38.4 Å². The van der Waals surface area contributed by atoms with Crippen molar-refractivity contribution in [1.29, 1.82) is 0 Å². The number of carbonyl (C=O) groups excluding carboxylic acids is 1. The van der Waals surface area contributed by atoms with Crippen LogP contribution in [0, 0.1) is 23.7 Å². The van der Waals surface area contributed by atoms with Gasteiger partial charge in [0.05, 0.1) is 24.9 Å². The lowest BCUT2D eigenvalue weighted by molar-refractivity contribution is -0.300. The van der Waals surface area contributed by atoms with Crippen molar-refractivity contribution in [3.63, 3.8) is 0 Å². The molecular weight excluding hydrogens is 632 g/mol. The van der Waals surface area contributed by atoms with E-state index in [1.807, 2.05) is 45.9 Å². The lowest BCUT2D eigenvalue weighted by Crippen LogP contribution is -2.58. The Bertz CT molecular complexity index is 1250. The summed E-state index contributed by atoms with van der Waals surface area (Å²) in [5.74, 6) is -1.79. The summed E-state index contributed by atoms with van der Waals surface area (Å²) in [6, 6.07) is 0. The predicted octanol–water partition coefficient (Wildman–Crippen LogP) is 8.45. The molecule has 0 radical (unpaired) electrons. The zero-order chi connectivity index (χ0) is 37.2. The summed E-state index contributed by atoms with van der Waals surface area (Å²) in [6.45, 7) is 23.7. The van der Waals surface area contributed by atoms with Crippen LogP contribution in [-0.4, -0.2) is 79.4 Å². The van der Waals surface area contributed by atoms with Crippen LogP contribution in [0.5, 0.6) is 0 Å². The van der Waals surface area contributed by atoms with E-state index < -0.39 is 41.6 Å². The van der Waals surface area contributed by atoms with Crippen LogP contribution >= 0.6 is 0 Å². The SMILES string of the molecule is CC.CCC.CCO[C@@H]1/C(C)=C/C[C@@H]2C[C@@H](C[C@]3(C=C[C@H](C)[C@@H](C(C)CC)O3)O2)OC(=O)[C@@H]2C=C(C)C(OC)[C@H]3OC/C(=C\C=C\[C@@H]1C)[C@]32O. The van der Waals surface area contributed by atoms with Gasteiger partial charge in [0.25, 0.3) is 0 Å². The number of rotatable bonds is 5. The van der Waals surface area contributed by atoms with E-state index in [1.54, 1.807) is 13.2 Å². The molecule has 2 bridgehead atoms. The van der Waals surface area contributed by atoms with Gasteiger partial charge in [-0.2, -0.15) is 0 Å². The number of hydrogen-bond donors (Lipinski definition) is 1. The third kappa shape index (κ3) is 9.28. The number of aliphatic hydroxyl groups is 1. The number of allylic oxidation sites excluding steroid dienone is 2. The summed E-state index contributed by atoms with van der Waals surface area (Å²) in [7, 11) is 1.60. The van der Waals surface area contributed by atoms with Crippen molar-refractivity contribution in [2.75, 3.05) is 20.3 Å². The van der Waals surface area contributed by atoms with Gasteiger partial charge in [-0.25, -0.2) is 0 Å². The quantitative estimate of drug-likeness (QED) is 0.226. The van der Waals surface area contributed by atoms with Crippen LogP contribution in [0.3, 0.4) is 0 Å². The van der Waals surface area contributed by atoms with Crippen molar-refractivity contribution in [1.82, 2.24) is 0 Å². The lowest BCUT2D eigenvalue weighted by Gasteiger charge is -2.48. The van der Waals surface area contributed by atoms with Gasteiger partial charge in [0.15, 0.2) is 5.79 Å². The van der Waals surface area contributed by atoms with Gasteiger partial charge < -0.3 is 33.5 Å². The molecule has 2 saturated heterocycles. The van der Waals surface area contributed by atoms with Gasteiger partial charge in [-0.3, -0.25) is 4.79 Å². The Balaban J connectivity index is 0.00000128. The number of ether oxygens (including phenoxy) is 6. The molecule has 0 aromatic heterocycles. The van der Waals surface area contributed by atoms with E-state index in [4.69, 9.17) is 28.4 Å². The van der Waals surface area contributed by atoms with E-state index in [1.165, 1.54) is 6.42 Å². The Morgan fingerprint density at radius 3 is 2.34 bits per heavy atom. The minimum absolute atomic E-state index is 0.0140. The van der Waals surface area contributed by atoms with Crippen molar-refractivity contribution in [3.05, 3.63) is 59.3 Å². The van der Waals surface area contributed by atoms with Crippen LogP contribution in [0.4, 0.5) is 0 Å². The van der Waals surface area contributed by atoms with Crippen molar-refractivity contribution < 1.29 is 38.3 Å². The van der Waals surface area contributed by atoms with E-state index >= 15 is 0 Å². The van der Waals surface area contributed by atoms with Crippen molar-refractivity contribution in [2.24, 2.45) is 23.7 Å². The first kappa shape index (κ1) is 42.3. The minimum Gasteiger partial charge on any atom is -0.462 e. The maximum atomic E-state index is 14.2. The molecule has 5 aliphatic rings.